The molecule has 2 N–H and O–H groups in total. The summed E-state index contributed by atoms with van der Waals surface area (Å²) in [5.74, 6) is -0.679. The van der Waals surface area contributed by atoms with E-state index in [0.717, 1.165) is 17.5 Å². The largest absolute Gasteiger partial charge is 0.481 e. The Morgan fingerprint density at radius 1 is 0.767 bits per heavy atom. The lowest BCUT2D eigenvalue weighted by Gasteiger charge is -2.20. The monoisotopic (exact) mass is 402 g/mol. The molecule has 0 aliphatic heterocycles. The average Bonchev–Trinajstić information content (AvgIpc) is 2.79. The lowest BCUT2D eigenvalue weighted by atomic mass is 9.91. The Morgan fingerprint density at radius 2 is 1.27 bits per heavy atom. The highest BCUT2D eigenvalue weighted by atomic mass is 16.5. The van der Waals surface area contributed by atoms with E-state index >= 15 is 0 Å². The Morgan fingerprint density at radius 3 is 1.77 bits per heavy atom. The molecule has 0 bridgehead atoms. The molecule has 0 unspecified atom stereocenters. The molecule has 3 aromatic rings. The van der Waals surface area contributed by atoms with Crippen LogP contribution in [0.4, 0.5) is 0 Å². The first-order valence-electron chi connectivity index (χ1n) is 10.0. The quantitative estimate of drug-likeness (QED) is 0.587. The second-order valence-electron chi connectivity index (χ2n) is 6.99. The third kappa shape index (κ3) is 5.47. The van der Waals surface area contributed by atoms with E-state index in [1.54, 1.807) is 6.92 Å². The average molecular weight is 402 g/mol. The number of hydrazine groups is 1. The molecular weight excluding hydrogens is 376 g/mol. The van der Waals surface area contributed by atoms with Crippen molar-refractivity contribution in [2.24, 2.45) is 0 Å². The van der Waals surface area contributed by atoms with Gasteiger partial charge in [0.05, 0.1) is 5.92 Å². The van der Waals surface area contributed by atoms with Crippen molar-refractivity contribution in [1.29, 1.82) is 0 Å². The first kappa shape index (κ1) is 21.1. The Balaban J connectivity index is 1.63. The van der Waals surface area contributed by atoms with Crippen LogP contribution in [0.25, 0.3) is 0 Å². The van der Waals surface area contributed by atoms with Crippen LogP contribution in [-0.4, -0.2) is 17.9 Å². The van der Waals surface area contributed by atoms with E-state index in [1.165, 1.54) is 5.56 Å². The molecule has 0 saturated heterocycles. The maximum absolute atomic E-state index is 12.9. The molecule has 0 radical (unpaired) electrons. The normalized spacial score (nSPS) is 11.6. The zero-order valence-corrected chi connectivity index (χ0v) is 17.2. The van der Waals surface area contributed by atoms with Crippen molar-refractivity contribution in [1.82, 2.24) is 10.9 Å². The molecule has 154 valence electrons. The van der Waals surface area contributed by atoms with Gasteiger partial charge in [-0.15, -0.1) is 0 Å². The molecule has 0 aliphatic carbocycles. The molecule has 2 amide bonds. The zero-order chi connectivity index (χ0) is 21.3. The van der Waals surface area contributed by atoms with E-state index in [0.29, 0.717) is 5.75 Å². The van der Waals surface area contributed by atoms with Crippen LogP contribution in [0.2, 0.25) is 0 Å². The molecule has 1 atom stereocenters. The van der Waals surface area contributed by atoms with Crippen LogP contribution >= 0.6 is 0 Å². The second-order valence-corrected chi connectivity index (χ2v) is 6.99. The first-order valence-corrected chi connectivity index (χ1v) is 10.0. The molecule has 5 heteroatoms. The predicted octanol–water partition coefficient (Wildman–Crippen LogP) is 4.00. The Bertz CT molecular complexity index is 917. The maximum atomic E-state index is 12.9. The Kier molecular flexibility index (Phi) is 7.22. The SMILES string of the molecule is CCc1ccc(O[C@@H](C)C(=O)NNC(=O)C(c2ccccc2)c2ccccc2)cc1. The standard InChI is InChI=1S/C25H26N2O3/c1-3-19-14-16-22(17-15-19)30-18(2)24(28)26-27-25(29)23(20-10-6-4-7-11-20)21-12-8-5-9-13-21/h4-18,23H,3H2,1-2H3,(H,26,28)(H,27,29)/t18-/m0/s1. The smallest absolute Gasteiger partial charge is 0.279 e. The van der Waals surface area contributed by atoms with Gasteiger partial charge in [0, 0.05) is 0 Å². The van der Waals surface area contributed by atoms with Gasteiger partial charge in [0.2, 0.25) is 5.91 Å². The van der Waals surface area contributed by atoms with Crippen molar-refractivity contribution in [3.63, 3.8) is 0 Å². The fourth-order valence-corrected chi connectivity index (χ4v) is 3.14. The highest BCUT2D eigenvalue weighted by Crippen LogP contribution is 2.24. The molecule has 0 aromatic heterocycles. The van der Waals surface area contributed by atoms with Crippen LogP contribution < -0.4 is 15.6 Å². The topological polar surface area (TPSA) is 67.4 Å². The Hall–Kier alpha value is -3.60. The van der Waals surface area contributed by atoms with Crippen molar-refractivity contribution in [3.05, 3.63) is 102 Å². The number of aryl methyl sites for hydroxylation is 1. The third-order valence-corrected chi connectivity index (χ3v) is 4.85. The molecule has 5 nitrogen and oxygen atoms in total. The van der Waals surface area contributed by atoms with Gasteiger partial charge >= 0.3 is 0 Å². The minimum atomic E-state index is -0.760. The number of carbonyl (C=O) groups excluding carboxylic acids is 2. The van der Waals surface area contributed by atoms with Crippen LogP contribution in [-0.2, 0) is 16.0 Å². The number of benzene rings is 3. The molecule has 0 saturated carbocycles. The van der Waals surface area contributed by atoms with E-state index in [9.17, 15) is 9.59 Å². The van der Waals surface area contributed by atoms with Gasteiger partial charge in [-0.3, -0.25) is 20.4 Å². The number of hydrogen-bond donors (Lipinski definition) is 2. The van der Waals surface area contributed by atoms with E-state index in [-0.39, 0.29) is 5.91 Å². The van der Waals surface area contributed by atoms with Crippen LogP contribution in [0.5, 0.6) is 5.75 Å². The summed E-state index contributed by atoms with van der Waals surface area (Å²) in [6.07, 6.45) is 0.177. The van der Waals surface area contributed by atoms with Gasteiger partial charge in [0.1, 0.15) is 5.75 Å². The minimum absolute atomic E-state index is 0.319. The van der Waals surface area contributed by atoms with Gasteiger partial charge in [-0.1, -0.05) is 79.7 Å². The molecule has 3 aromatic carbocycles. The zero-order valence-electron chi connectivity index (χ0n) is 17.2. The minimum Gasteiger partial charge on any atom is -0.481 e. The van der Waals surface area contributed by atoms with Crippen molar-refractivity contribution in [3.8, 4) is 5.75 Å². The molecule has 0 heterocycles. The van der Waals surface area contributed by atoms with Gasteiger partial charge in [-0.25, -0.2) is 0 Å². The van der Waals surface area contributed by atoms with Crippen molar-refractivity contribution < 1.29 is 14.3 Å². The summed E-state index contributed by atoms with van der Waals surface area (Å²) in [4.78, 5) is 25.4. The van der Waals surface area contributed by atoms with E-state index in [4.69, 9.17) is 4.74 Å². The number of amides is 2. The van der Waals surface area contributed by atoms with E-state index in [2.05, 4.69) is 17.8 Å². The number of ether oxygens (including phenoxy) is 1. The van der Waals surface area contributed by atoms with Crippen LogP contribution in [0.3, 0.4) is 0 Å². The van der Waals surface area contributed by atoms with Crippen molar-refractivity contribution in [2.45, 2.75) is 32.3 Å². The second kappa shape index (κ2) is 10.3. The fraction of sp³-hybridized carbons (Fsp3) is 0.200. The van der Waals surface area contributed by atoms with E-state index < -0.39 is 17.9 Å². The van der Waals surface area contributed by atoms with Crippen molar-refractivity contribution in [2.75, 3.05) is 0 Å². The molecule has 0 aliphatic rings. The molecule has 0 spiro atoms. The van der Waals surface area contributed by atoms with Crippen LogP contribution in [0, 0.1) is 0 Å². The van der Waals surface area contributed by atoms with Gasteiger partial charge < -0.3 is 4.74 Å². The number of rotatable bonds is 7. The van der Waals surface area contributed by atoms with E-state index in [1.807, 2.05) is 84.9 Å². The molecular formula is C25H26N2O3. The molecule has 30 heavy (non-hydrogen) atoms. The highest BCUT2D eigenvalue weighted by Gasteiger charge is 2.24. The summed E-state index contributed by atoms with van der Waals surface area (Å²) in [6, 6.07) is 26.5. The summed E-state index contributed by atoms with van der Waals surface area (Å²) < 4.78 is 5.67. The van der Waals surface area contributed by atoms with Crippen LogP contribution in [0.15, 0.2) is 84.9 Å². The summed E-state index contributed by atoms with van der Waals surface area (Å²) in [5.41, 5.74) is 7.91. The lowest BCUT2D eigenvalue weighted by molar-refractivity contribution is -0.133. The molecule has 0 fully saturated rings. The summed E-state index contributed by atoms with van der Waals surface area (Å²) in [5, 5.41) is 0. The highest BCUT2D eigenvalue weighted by molar-refractivity contribution is 5.90. The maximum Gasteiger partial charge on any atom is 0.279 e. The summed E-state index contributed by atoms with van der Waals surface area (Å²) >= 11 is 0. The lowest BCUT2D eigenvalue weighted by Crippen LogP contribution is -2.48. The Labute approximate surface area is 177 Å². The van der Waals surface area contributed by atoms with Crippen molar-refractivity contribution >= 4 is 11.8 Å². The molecule has 3 rings (SSSR count). The summed E-state index contributed by atoms with van der Waals surface area (Å²) in [7, 11) is 0. The fourth-order valence-electron chi connectivity index (χ4n) is 3.14. The van der Waals surface area contributed by atoms with Gasteiger partial charge in [0.25, 0.3) is 5.91 Å². The third-order valence-electron chi connectivity index (χ3n) is 4.85. The van der Waals surface area contributed by atoms with Gasteiger partial charge in [0.15, 0.2) is 6.10 Å². The van der Waals surface area contributed by atoms with Crippen LogP contribution in [0.1, 0.15) is 36.5 Å². The van der Waals surface area contributed by atoms with Gasteiger partial charge in [-0.2, -0.15) is 0 Å². The summed E-state index contributed by atoms with van der Waals surface area (Å²) in [6.45, 7) is 3.72. The van der Waals surface area contributed by atoms with Gasteiger partial charge in [-0.05, 0) is 42.2 Å². The predicted molar refractivity (Wildman–Crippen MR) is 117 cm³/mol. The number of carbonyl (C=O) groups is 2. The number of nitrogens with one attached hydrogen (secondary N) is 2. The first-order chi connectivity index (χ1) is 14.6. The number of hydrogen-bond acceptors (Lipinski definition) is 3.